The molecule has 16 heavy (non-hydrogen) atoms. The first kappa shape index (κ1) is 9.97. The minimum absolute atomic E-state index is 0.154. The summed E-state index contributed by atoms with van der Waals surface area (Å²) >= 11 is 0. The number of hydrogen-bond acceptors (Lipinski definition) is 3. The molecule has 3 nitrogen and oxygen atoms in total. The summed E-state index contributed by atoms with van der Waals surface area (Å²) in [7, 11) is 0. The molecule has 0 radical (unpaired) electrons. The second-order valence-corrected chi connectivity index (χ2v) is 4.78. The molecule has 1 aromatic rings. The van der Waals surface area contributed by atoms with Crippen molar-refractivity contribution >= 4 is 0 Å². The van der Waals surface area contributed by atoms with Gasteiger partial charge in [-0.15, -0.1) is 0 Å². The molecule has 2 N–H and O–H groups in total. The first-order chi connectivity index (χ1) is 7.78. The highest BCUT2D eigenvalue weighted by atomic mass is 16.7. The smallest absolute Gasteiger partial charge is 0.231 e. The highest BCUT2D eigenvalue weighted by Crippen LogP contribution is 2.40. The normalized spacial score (nSPS) is 22.1. The number of fused-ring (bicyclic) bond motifs is 1. The summed E-state index contributed by atoms with van der Waals surface area (Å²) in [4.78, 5) is 0. The Bertz CT molecular complexity index is 397. The lowest BCUT2D eigenvalue weighted by molar-refractivity contribution is 0.174. The molecule has 0 saturated heterocycles. The van der Waals surface area contributed by atoms with Crippen LogP contribution in [0.2, 0.25) is 0 Å². The van der Waals surface area contributed by atoms with Gasteiger partial charge in [-0.3, -0.25) is 0 Å². The molecular weight excluding hydrogens is 202 g/mol. The molecule has 1 fully saturated rings. The van der Waals surface area contributed by atoms with E-state index in [0.717, 1.165) is 24.3 Å². The van der Waals surface area contributed by atoms with Crippen LogP contribution >= 0.6 is 0 Å². The van der Waals surface area contributed by atoms with Gasteiger partial charge in [0, 0.05) is 5.54 Å². The van der Waals surface area contributed by atoms with Gasteiger partial charge in [-0.2, -0.15) is 0 Å². The molecular formula is C13H17NO2. The maximum Gasteiger partial charge on any atom is 0.231 e. The van der Waals surface area contributed by atoms with E-state index in [9.17, 15) is 0 Å². The standard InChI is InChI=1S/C13H17NO2/c14-13(6-2-1-3-7-13)10-4-5-11-12(8-10)16-9-15-11/h4-5,8H,1-3,6-7,9,14H2. The second kappa shape index (κ2) is 3.67. The first-order valence-electron chi connectivity index (χ1n) is 5.97. The zero-order valence-electron chi connectivity index (χ0n) is 9.37. The van der Waals surface area contributed by atoms with Crippen molar-refractivity contribution in [3.8, 4) is 11.5 Å². The van der Waals surface area contributed by atoms with Crippen molar-refractivity contribution in [2.75, 3.05) is 6.79 Å². The van der Waals surface area contributed by atoms with Crippen LogP contribution in [0.25, 0.3) is 0 Å². The van der Waals surface area contributed by atoms with Crippen molar-refractivity contribution in [1.29, 1.82) is 0 Å². The van der Waals surface area contributed by atoms with Gasteiger partial charge in [0.05, 0.1) is 0 Å². The Balaban J connectivity index is 1.93. The van der Waals surface area contributed by atoms with Gasteiger partial charge in [-0.05, 0) is 30.5 Å². The second-order valence-electron chi connectivity index (χ2n) is 4.78. The first-order valence-corrected chi connectivity index (χ1v) is 5.97. The number of ether oxygens (including phenoxy) is 2. The van der Waals surface area contributed by atoms with Crippen LogP contribution in [0.3, 0.4) is 0 Å². The molecule has 0 unspecified atom stereocenters. The largest absolute Gasteiger partial charge is 0.454 e. The van der Waals surface area contributed by atoms with Crippen LogP contribution in [0.1, 0.15) is 37.7 Å². The monoisotopic (exact) mass is 219 g/mol. The summed E-state index contributed by atoms with van der Waals surface area (Å²) in [5, 5.41) is 0. The van der Waals surface area contributed by atoms with E-state index in [1.807, 2.05) is 12.1 Å². The Morgan fingerprint density at radius 2 is 1.75 bits per heavy atom. The van der Waals surface area contributed by atoms with Crippen LogP contribution in [0.4, 0.5) is 0 Å². The molecule has 86 valence electrons. The summed E-state index contributed by atoms with van der Waals surface area (Å²) in [5.74, 6) is 1.68. The van der Waals surface area contributed by atoms with Gasteiger partial charge in [0.25, 0.3) is 0 Å². The van der Waals surface area contributed by atoms with E-state index in [2.05, 4.69) is 6.07 Å². The third kappa shape index (κ3) is 1.55. The van der Waals surface area contributed by atoms with Crippen molar-refractivity contribution in [1.82, 2.24) is 0 Å². The molecule has 0 atom stereocenters. The fraction of sp³-hybridized carbons (Fsp3) is 0.538. The van der Waals surface area contributed by atoms with Gasteiger partial charge in [-0.25, -0.2) is 0 Å². The van der Waals surface area contributed by atoms with Crippen LogP contribution in [-0.4, -0.2) is 6.79 Å². The Morgan fingerprint density at radius 3 is 2.56 bits per heavy atom. The van der Waals surface area contributed by atoms with E-state index < -0.39 is 0 Å². The molecule has 1 aliphatic carbocycles. The van der Waals surface area contributed by atoms with Gasteiger partial charge in [0.15, 0.2) is 11.5 Å². The third-order valence-electron chi connectivity index (χ3n) is 3.69. The van der Waals surface area contributed by atoms with Crippen molar-refractivity contribution in [2.45, 2.75) is 37.6 Å². The van der Waals surface area contributed by atoms with Crippen LogP contribution < -0.4 is 15.2 Å². The van der Waals surface area contributed by atoms with E-state index >= 15 is 0 Å². The average Bonchev–Trinajstić information content (AvgIpc) is 2.77. The summed E-state index contributed by atoms with van der Waals surface area (Å²) in [6.45, 7) is 0.330. The predicted octanol–water partition coefficient (Wildman–Crippen LogP) is 2.53. The zero-order chi connectivity index (χ0) is 11.0. The third-order valence-corrected chi connectivity index (χ3v) is 3.69. The highest BCUT2D eigenvalue weighted by molar-refractivity contribution is 5.46. The van der Waals surface area contributed by atoms with Crippen molar-refractivity contribution in [2.24, 2.45) is 5.73 Å². The maximum atomic E-state index is 6.48. The van der Waals surface area contributed by atoms with Crippen molar-refractivity contribution in [3.63, 3.8) is 0 Å². The van der Waals surface area contributed by atoms with Gasteiger partial charge < -0.3 is 15.2 Å². The van der Waals surface area contributed by atoms with Gasteiger partial charge >= 0.3 is 0 Å². The van der Waals surface area contributed by atoms with E-state index in [-0.39, 0.29) is 5.54 Å². The van der Waals surface area contributed by atoms with E-state index in [4.69, 9.17) is 15.2 Å². The molecule has 1 aliphatic heterocycles. The van der Waals surface area contributed by atoms with E-state index in [1.54, 1.807) is 0 Å². The molecule has 1 aromatic carbocycles. The quantitative estimate of drug-likeness (QED) is 0.789. The Labute approximate surface area is 95.5 Å². The van der Waals surface area contributed by atoms with E-state index in [1.165, 1.54) is 24.8 Å². The maximum absolute atomic E-state index is 6.48. The number of rotatable bonds is 1. The molecule has 1 heterocycles. The van der Waals surface area contributed by atoms with Gasteiger partial charge in [0.2, 0.25) is 6.79 Å². The fourth-order valence-electron chi connectivity index (χ4n) is 2.68. The molecule has 0 aromatic heterocycles. The lowest BCUT2D eigenvalue weighted by atomic mass is 9.77. The Morgan fingerprint density at radius 1 is 1.00 bits per heavy atom. The van der Waals surface area contributed by atoms with E-state index in [0.29, 0.717) is 6.79 Å². The number of nitrogens with two attached hydrogens (primary N) is 1. The topological polar surface area (TPSA) is 44.5 Å². The van der Waals surface area contributed by atoms with Crippen molar-refractivity contribution in [3.05, 3.63) is 23.8 Å². The lowest BCUT2D eigenvalue weighted by Crippen LogP contribution is -2.38. The molecule has 2 aliphatic rings. The fourth-order valence-corrected chi connectivity index (χ4v) is 2.68. The minimum Gasteiger partial charge on any atom is -0.454 e. The van der Waals surface area contributed by atoms with Crippen molar-refractivity contribution < 1.29 is 9.47 Å². The number of hydrogen-bond donors (Lipinski definition) is 1. The summed E-state index contributed by atoms with van der Waals surface area (Å²) in [6, 6.07) is 6.10. The number of benzene rings is 1. The molecule has 0 spiro atoms. The highest BCUT2D eigenvalue weighted by Gasteiger charge is 2.30. The molecule has 0 bridgehead atoms. The molecule has 0 amide bonds. The van der Waals surface area contributed by atoms with Crippen LogP contribution in [-0.2, 0) is 5.54 Å². The molecule has 3 rings (SSSR count). The lowest BCUT2D eigenvalue weighted by Gasteiger charge is -2.34. The van der Waals surface area contributed by atoms with Crippen LogP contribution in [0, 0.1) is 0 Å². The zero-order valence-corrected chi connectivity index (χ0v) is 9.37. The predicted molar refractivity (Wildman–Crippen MR) is 61.5 cm³/mol. The molecule has 3 heteroatoms. The van der Waals surface area contributed by atoms with Gasteiger partial charge in [-0.1, -0.05) is 25.3 Å². The summed E-state index contributed by atoms with van der Waals surface area (Å²) < 4.78 is 10.7. The summed E-state index contributed by atoms with van der Waals surface area (Å²) in [5.41, 5.74) is 7.52. The van der Waals surface area contributed by atoms with Crippen LogP contribution in [0.5, 0.6) is 11.5 Å². The minimum atomic E-state index is -0.154. The van der Waals surface area contributed by atoms with Gasteiger partial charge in [0.1, 0.15) is 0 Å². The average molecular weight is 219 g/mol. The Hall–Kier alpha value is -1.22. The van der Waals surface area contributed by atoms with Crippen LogP contribution in [0.15, 0.2) is 18.2 Å². The Kier molecular flexibility index (Phi) is 2.28. The SMILES string of the molecule is NC1(c2ccc3c(c2)OCO3)CCCCC1. The summed E-state index contributed by atoms with van der Waals surface area (Å²) in [6.07, 6.45) is 5.92. The molecule has 1 saturated carbocycles.